The van der Waals surface area contributed by atoms with Gasteiger partial charge in [0.2, 0.25) is 17.8 Å². The van der Waals surface area contributed by atoms with Gasteiger partial charge < -0.3 is 16.0 Å². The number of nitrogens with one attached hydrogen (secondary N) is 3. The van der Waals surface area contributed by atoms with Crippen molar-refractivity contribution in [2.45, 2.75) is 14.5 Å². The average Bonchev–Trinajstić information content (AvgIpc) is 2.61. The highest BCUT2D eigenvalue weighted by Gasteiger charge is 2.11. The zero-order valence-corrected chi connectivity index (χ0v) is 23.3. The third-order valence-corrected chi connectivity index (χ3v) is 9.48. The summed E-state index contributed by atoms with van der Waals surface area (Å²) in [5.74, 6) is 1.61. The fraction of sp³-hybridized carbons (Fsp3) is 0.750. The van der Waals surface area contributed by atoms with Crippen LogP contribution in [0.25, 0.3) is 0 Å². The zero-order valence-electron chi connectivity index (χ0n) is 13.0. The maximum atomic E-state index is 4.42. The largest absolute Gasteiger partial charge is 0.353 e. The van der Waals surface area contributed by atoms with Crippen LogP contribution in [0.5, 0.6) is 0 Å². The van der Waals surface area contributed by atoms with E-state index in [4.69, 9.17) is 0 Å². The normalized spacial score (nSPS) is 14.2. The van der Waals surface area contributed by atoms with E-state index in [2.05, 4.69) is 126 Å². The van der Waals surface area contributed by atoms with E-state index in [0.29, 0.717) is 52.0 Å². The second kappa shape index (κ2) is 15.5. The molecule has 0 aliphatic rings. The first-order valence-corrected chi connectivity index (χ1v) is 13.2. The summed E-state index contributed by atoms with van der Waals surface area (Å²) in [5, 5.41) is 12.2. The highest BCUT2D eigenvalue weighted by atomic mass is 79.9. The summed E-state index contributed by atoms with van der Waals surface area (Å²) in [5.41, 5.74) is 0. The van der Waals surface area contributed by atoms with Crippen molar-refractivity contribution < 1.29 is 0 Å². The van der Waals surface area contributed by atoms with Crippen LogP contribution in [-0.2, 0) is 0 Å². The summed E-state index contributed by atoms with van der Waals surface area (Å²) >= 11 is 21.0. The van der Waals surface area contributed by atoms with Crippen LogP contribution in [0.15, 0.2) is 0 Å². The van der Waals surface area contributed by atoms with Gasteiger partial charge in [0.15, 0.2) is 0 Å². The highest BCUT2D eigenvalue weighted by Crippen LogP contribution is 2.13. The number of halogens is 7. The number of aromatic nitrogens is 3. The molecule has 13 heteroatoms. The first-order chi connectivity index (χ1) is 11.5. The van der Waals surface area contributed by atoms with Crippen molar-refractivity contribution in [2.24, 2.45) is 0 Å². The van der Waals surface area contributed by atoms with E-state index >= 15 is 0 Å². The van der Waals surface area contributed by atoms with Crippen LogP contribution in [0.4, 0.5) is 17.8 Å². The minimum atomic E-state index is 0. The second-order valence-electron chi connectivity index (χ2n) is 4.70. The quantitative estimate of drug-likeness (QED) is 0.261. The van der Waals surface area contributed by atoms with Gasteiger partial charge in [0.1, 0.15) is 0 Å². The minimum Gasteiger partial charge on any atom is -0.353 e. The number of hydrogen-bond acceptors (Lipinski definition) is 6. The molecule has 3 N–H and O–H groups in total. The molecule has 1 heterocycles. The van der Waals surface area contributed by atoms with Gasteiger partial charge in [0.25, 0.3) is 0 Å². The van der Waals surface area contributed by atoms with Crippen molar-refractivity contribution in [2.75, 3.05) is 51.6 Å². The molecule has 0 aliphatic carbocycles. The van der Waals surface area contributed by atoms with Crippen LogP contribution in [-0.4, -0.2) is 65.1 Å². The van der Waals surface area contributed by atoms with E-state index in [1.165, 1.54) is 0 Å². The Balaban J connectivity index is 0.00000576. The molecule has 0 saturated carbocycles. The van der Waals surface area contributed by atoms with E-state index in [-0.39, 0.29) is 12.4 Å². The molecule has 0 bridgehead atoms. The predicted molar refractivity (Wildman–Crippen MR) is 132 cm³/mol. The van der Waals surface area contributed by atoms with Crippen molar-refractivity contribution >= 4 is 126 Å². The van der Waals surface area contributed by atoms with Gasteiger partial charge in [0, 0.05) is 50.1 Å². The third-order valence-electron chi connectivity index (χ3n) is 2.58. The Hall–Kier alpha value is 1.58. The fourth-order valence-electron chi connectivity index (χ4n) is 1.38. The summed E-state index contributed by atoms with van der Waals surface area (Å²) in [4.78, 5) is 14.1. The highest BCUT2D eigenvalue weighted by molar-refractivity contribution is 9.12. The van der Waals surface area contributed by atoms with Gasteiger partial charge in [-0.3, -0.25) is 0 Å². The fourth-order valence-corrected chi connectivity index (χ4v) is 2.56. The number of alkyl halides is 6. The Morgan fingerprint density at radius 1 is 0.600 bits per heavy atom. The molecule has 146 valence electrons. The Morgan fingerprint density at radius 2 is 0.840 bits per heavy atom. The molecule has 0 saturated heterocycles. The molecule has 0 radical (unpaired) electrons. The molecule has 0 amide bonds. The molecule has 25 heavy (non-hydrogen) atoms. The Labute approximate surface area is 204 Å². The second-order valence-corrected chi connectivity index (χ2v) is 10.5. The average molecular weight is 762 g/mol. The number of rotatable bonds is 12. The topological polar surface area (TPSA) is 74.8 Å². The van der Waals surface area contributed by atoms with Gasteiger partial charge in [0.05, 0.1) is 0 Å². The number of nitrogens with zero attached hydrogens (tertiary/aromatic N) is 3. The third kappa shape index (κ3) is 11.9. The maximum Gasteiger partial charge on any atom is 0.229 e. The SMILES string of the molecule is BrCC(Br)CNc1nc(NCC(Br)CBr)nc(NCC(Br)CBr)n1.Cl. The van der Waals surface area contributed by atoms with Gasteiger partial charge in [-0.15, -0.1) is 12.4 Å². The lowest BCUT2D eigenvalue weighted by Crippen LogP contribution is -2.22. The summed E-state index contributed by atoms with van der Waals surface area (Å²) in [7, 11) is 0. The molecule has 0 fully saturated rings. The molecule has 1 rings (SSSR count). The van der Waals surface area contributed by atoms with Crippen molar-refractivity contribution in [1.82, 2.24) is 15.0 Å². The van der Waals surface area contributed by atoms with Crippen LogP contribution in [0, 0.1) is 0 Å². The molecule has 1 aromatic rings. The molecular weight excluding hydrogens is 743 g/mol. The van der Waals surface area contributed by atoms with Gasteiger partial charge in [-0.05, 0) is 0 Å². The first-order valence-electron chi connectivity index (χ1n) is 7.06. The van der Waals surface area contributed by atoms with E-state index in [1.54, 1.807) is 0 Å². The lowest BCUT2D eigenvalue weighted by Gasteiger charge is -2.14. The maximum absolute atomic E-state index is 4.42. The molecule has 0 aromatic carbocycles. The van der Waals surface area contributed by atoms with Crippen LogP contribution in [0.2, 0.25) is 0 Å². The molecule has 3 atom stereocenters. The Kier molecular flexibility index (Phi) is 16.5. The smallest absolute Gasteiger partial charge is 0.229 e. The Bertz CT molecular complexity index is 408. The molecule has 0 aliphatic heterocycles. The number of hydrogen-bond donors (Lipinski definition) is 3. The molecular formula is C12H19Br6ClN6. The number of anilines is 3. The van der Waals surface area contributed by atoms with Gasteiger partial charge in [-0.1, -0.05) is 95.6 Å². The lowest BCUT2D eigenvalue weighted by atomic mass is 10.5. The standard InChI is InChI=1S/C12H18Br6N6.ClH/c13-1-7(16)4-19-10-22-11(20-5-8(17)2-14)24-12(23-10)21-6-9(18)3-15;/h7-9H,1-6H2,(H3,19,20,21,22,23,24);1H. The van der Waals surface area contributed by atoms with Crippen LogP contribution < -0.4 is 16.0 Å². The molecule has 3 unspecified atom stereocenters. The Morgan fingerprint density at radius 3 is 1.04 bits per heavy atom. The van der Waals surface area contributed by atoms with Crippen molar-refractivity contribution in [3.05, 3.63) is 0 Å². The van der Waals surface area contributed by atoms with Crippen molar-refractivity contribution in [3.8, 4) is 0 Å². The van der Waals surface area contributed by atoms with Gasteiger partial charge >= 0.3 is 0 Å². The molecule has 0 spiro atoms. The van der Waals surface area contributed by atoms with Crippen molar-refractivity contribution in [3.63, 3.8) is 0 Å². The first kappa shape index (κ1) is 26.6. The summed E-state index contributed by atoms with van der Waals surface area (Å²) < 4.78 is 0. The van der Waals surface area contributed by atoms with Crippen LogP contribution >= 0.6 is 108 Å². The monoisotopic (exact) mass is 756 g/mol. The van der Waals surface area contributed by atoms with E-state index in [9.17, 15) is 0 Å². The van der Waals surface area contributed by atoms with Gasteiger partial charge in [-0.2, -0.15) is 15.0 Å². The molecule has 1 aromatic heterocycles. The summed E-state index contributed by atoms with van der Waals surface area (Å²) in [6.45, 7) is 2.12. The van der Waals surface area contributed by atoms with E-state index < -0.39 is 0 Å². The van der Waals surface area contributed by atoms with Crippen LogP contribution in [0.3, 0.4) is 0 Å². The van der Waals surface area contributed by atoms with Gasteiger partial charge in [-0.25, -0.2) is 0 Å². The zero-order chi connectivity index (χ0) is 17.9. The van der Waals surface area contributed by atoms with E-state index in [0.717, 1.165) is 16.0 Å². The molecule has 6 nitrogen and oxygen atoms in total. The van der Waals surface area contributed by atoms with E-state index in [1.807, 2.05) is 0 Å². The lowest BCUT2D eigenvalue weighted by molar-refractivity contribution is 0.931. The summed E-state index contributed by atoms with van der Waals surface area (Å²) in [6, 6.07) is 0. The summed E-state index contributed by atoms with van der Waals surface area (Å²) in [6.07, 6.45) is 0. The van der Waals surface area contributed by atoms with Crippen LogP contribution in [0.1, 0.15) is 0 Å². The van der Waals surface area contributed by atoms with Crippen molar-refractivity contribution in [1.29, 1.82) is 0 Å². The minimum absolute atomic E-state index is 0. The predicted octanol–water partition coefficient (Wildman–Crippen LogP) is 5.00.